The SMILES string of the molecule is CCC/C=C/C/C=C/C/C=C/C/C=C/CCCCCC(=O)OC[C@@H](COP(=O)([O-])OCC[N+](C)(C)C)OC(=O)CCCCCCCCCCCC. The molecule has 0 saturated carbocycles. The van der Waals surface area contributed by atoms with Crippen LogP contribution in [0.2, 0.25) is 0 Å². The molecule has 0 amide bonds. The summed E-state index contributed by atoms with van der Waals surface area (Å²) in [7, 11) is 1.14. The summed E-state index contributed by atoms with van der Waals surface area (Å²) in [5.41, 5.74) is 0. The van der Waals surface area contributed by atoms with Gasteiger partial charge in [0.25, 0.3) is 7.82 Å². The van der Waals surface area contributed by atoms with E-state index in [0.29, 0.717) is 23.9 Å². The Morgan fingerprint density at radius 3 is 1.65 bits per heavy atom. The molecular formula is C41H74NO8P. The Bertz CT molecular complexity index is 1020. The molecule has 0 spiro atoms. The van der Waals surface area contributed by atoms with Gasteiger partial charge in [-0.1, -0.05) is 133 Å². The number of quaternary nitrogens is 1. The van der Waals surface area contributed by atoms with Gasteiger partial charge in [0.2, 0.25) is 0 Å². The van der Waals surface area contributed by atoms with E-state index in [0.717, 1.165) is 64.2 Å². The molecule has 0 aliphatic rings. The second kappa shape index (κ2) is 33.8. The number of phosphoric acid groups is 1. The topological polar surface area (TPSA) is 111 Å². The monoisotopic (exact) mass is 740 g/mol. The number of allylic oxidation sites excluding steroid dienone is 8. The fraction of sp³-hybridized carbons (Fsp3) is 0.756. The van der Waals surface area contributed by atoms with Crippen molar-refractivity contribution < 1.29 is 42.1 Å². The predicted molar refractivity (Wildman–Crippen MR) is 208 cm³/mol. The zero-order valence-electron chi connectivity index (χ0n) is 33.0. The molecule has 0 rings (SSSR count). The van der Waals surface area contributed by atoms with Crippen molar-refractivity contribution in [3.8, 4) is 0 Å². The van der Waals surface area contributed by atoms with Crippen LogP contribution >= 0.6 is 7.82 Å². The van der Waals surface area contributed by atoms with Gasteiger partial charge >= 0.3 is 11.9 Å². The van der Waals surface area contributed by atoms with Crippen molar-refractivity contribution in [3.63, 3.8) is 0 Å². The number of ether oxygens (including phenoxy) is 2. The van der Waals surface area contributed by atoms with Crippen LogP contribution in [-0.2, 0) is 32.7 Å². The number of phosphoric ester groups is 1. The highest BCUT2D eigenvalue weighted by Crippen LogP contribution is 2.38. The first-order valence-electron chi connectivity index (χ1n) is 19.8. The van der Waals surface area contributed by atoms with Gasteiger partial charge in [-0.15, -0.1) is 0 Å². The number of carbonyl (C=O) groups excluding carboxylic acids is 2. The second-order valence-electron chi connectivity index (χ2n) is 14.3. The van der Waals surface area contributed by atoms with Gasteiger partial charge in [0.15, 0.2) is 6.10 Å². The van der Waals surface area contributed by atoms with E-state index in [1.807, 2.05) is 21.1 Å². The minimum absolute atomic E-state index is 0.0369. The molecule has 2 atom stereocenters. The Hall–Kier alpha value is -2.03. The number of hydrogen-bond donors (Lipinski definition) is 0. The van der Waals surface area contributed by atoms with E-state index >= 15 is 0 Å². The van der Waals surface area contributed by atoms with E-state index in [4.69, 9.17) is 18.5 Å². The molecule has 0 aromatic carbocycles. The summed E-state index contributed by atoms with van der Waals surface area (Å²) in [6, 6.07) is 0. The van der Waals surface area contributed by atoms with Gasteiger partial charge in [-0.25, -0.2) is 0 Å². The molecular weight excluding hydrogens is 665 g/mol. The van der Waals surface area contributed by atoms with Crippen LogP contribution in [0.4, 0.5) is 0 Å². The summed E-state index contributed by atoms with van der Waals surface area (Å²) in [4.78, 5) is 37.3. The summed E-state index contributed by atoms with van der Waals surface area (Å²) < 4.78 is 33.7. The molecule has 0 N–H and O–H groups in total. The maximum atomic E-state index is 12.6. The Labute approximate surface area is 312 Å². The van der Waals surface area contributed by atoms with Crippen molar-refractivity contribution in [2.45, 2.75) is 155 Å². The average molecular weight is 740 g/mol. The summed E-state index contributed by atoms with van der Waals surface area (Å²) in [5, 5.41) is 0. The molecule has 0 aromatic rings. The maximum absolute atomic E-state index is 12.6. The number of nitrogens with zero attached hydrogens (tertiary/aromatic N) is 1. The van der Waals surface area contributed by atoms with Gasteiger partial charge in [0.05, 0.1) is 27.7 Å². The number of hydrogen-bond acceptors (Lipinski definition) is 8. The van der Waals surface area contributed by atoms with Crippen LogP contribution in [0.5, 0.6) is 0 Å². The predicted octanol–water partition coefficient (Wildman–Crippen LogP) is 10.1. The van der Waals surface area contributed by atoms with E-state index in [1.54, 1.807) is 0 Å². The van der Waals surface area contributed by atoms with E-state index < -0.39 is 32.5 Å². The number of carbonyl (C=O) groups is 2. The van der Waals surface area contributed by atoms with Crippen molar-refractivity contribution in [2.24, 2.45) is 0 Å². The molecule has 296 valence electrons. The zero-order chi connectivity index (χ0) is 37.9. The van der Waals surface area contributed by atoms with Crippen molar-refractivity contribution >= 4 is 19.8 Å². The third kappa shape index (κ3) is 37.5. The largest absolute Gasteiger partial charge is 0.756 e. The third-order valence-electron chi connectivity index (χ3n) is 8.08. The Balaban J connectivity index is 4.45. The lowest BCUT2D eigenvalue weighted by Gasteiger charge is -2.28. The number of rotatable bonds is 35. The van der Waals surface area contributed by atoms with Crippen LogP contribution in [-0.4, -0.2) is 70.0 Å². The fourth-order valence-electron chi connectivity index (χ4n) is 4.94. The Morgan fingerprint density at radius 2 is 1.10 bits per heavy atom. The lowest BCUT2D eigenvalue weighted by molar-refractivity contribution is -0.870. The van der Waals surface area contributed by atoms with E-state index in [2.05, 4.69) is 62.5 Å². The molecule has 0 saturated heterocycles. The summed E-state index contributed by atoms with van der Waals surface area (Å²) in [6.45, 7) is 4.08. The minimum atomic E-state index is -4.62. The fourth-order valence-corrected chi connectivity index (χ4v) is 5.67. The highest BCUT2D eigenvalue weighted by atomic mass is 31.2. The quantitative estimate of drug-likeness (QED) is 0.0208. The summed E-state index contributed by atoms with van der Waals surface area (Å²) >= 11 is 0. The molecule has 0 fully saturated rings. The molecule has 10 heteroatoms. The molecule has 0 aromatic heterocycles. The Morgan fingerprint density at radius 1 is 0.608 bits per heavy atom. The summed E-state index contributed by atoms with van der Waals surface area (Å²) in [6.07, 6.45) is 37.1. The normalized spacial score (nSPS) is 14.2. The second-order valence-corrected chi connectivity index (χ2v) is 15.7. The van der Waals surface area contributed by atoms with Gasteiger partial charge < -0.3 is 27.9 Å². The van der Waals surface area contributed by atoms with Crippen molar-refractivity contribution in [3.05, 3.63) is 48.6 Å². The van der Waals surface area contributed by atoms with Crippen LogP contribution in [0.15, 0.2) is 48.6 Å². The lowest BCUT2D eigenvalue weighted by atomic mass is 10.1. The third-order valence-corrected chi connectivity index (χ3v) is 9.05. The van der Waals surface area contributed by atoms with Crippen molar-refractivity contribution in [1.82, 2.24) is 0 Å². The molecule has 0 aliphatic heterocycles. The lowest BCUT2D eigenvalue weighted by Crippen LogP contribution is -2.37. The molecule has 9 nitrogen and oxygen atoms in total. The van der Waals surface area contributed by atoms with Crippen molar-refractivity contribution in [2.75, 3.05) is 47.5 Å². The van der Waals surface area contributed by atoms with Crippen molar-refractivity contribution in [1.29, 1.82) is 0 Å². The van der Waals surface area contributed by atoms with E-state index in [-0.39, 0.29) is 26.1 Å². The van der Waals surface area contributed by atoms with Gasteiger partial charge in [0.1, 0.15) is 19.8 Å². The molecule has 51 heavy (non-hydrogen) atoms. The number of esters is 2. The first kappa shape index (κ1) is 49.0. The van der Waals surface area contributed by atoms with E-state index in [1.165, 1.54) is 44.9 Å². The molecule has 0 bridgehead atoms. The van der Waals surface area contributed by atoms with Crippen LogP contribution in [0.25, 0.3) is 0 Å². The summed E-state index contributed by atoms with van der Waals surface area (Å²) in [5.74, 6) is -0.876. The molecule has 0 aliphatic carbocycles. The smallest absolute Gasteiger partial charge is 0.306 e. The van der Waals surface area contributed by atoms with E-state index in [9.17, 15) is 19.0 Å². The van der Waals surface area contributed by atoms with Gasteiger partial charge in [-0.05, 0) is 51.4 Å². The van der Waals surface area contributed by atoms with Crippen LogP contribution < -0.4 is 4.89 Å². The van der Waals surface area contributed by atoms with Crippen LogP contribution in [0.3, 0.4) is 0 Å². The molecule has 1 unspecified atom stereocenters. The highest BCUT2D eigenvalue weighted by molar-refractivity contribution is 7.45. The average Bonchev–Trinajstić information content (AvgIpc) is 3.07. The zero-order valence-corrected chi connectivity index (χ0v) is 33.9. The van der Waals surface area contributed by atoms with Gasteiger partial charge in [0, 0.05) is 12.8 Å². The van der Waals surface area contributed by atoms with Gasteiger partial charge in [-0.3, -0.25) is 14.2 Å². The molecule has 0 heterocycles. The number of likely N-dealkylation sites (N-methyl/N-ethyl adjacent to an activating group) is 1. The maximum Gasteiger partial charge on any atom is 0.306 e. The molecule has 0 radical (unpaired) electrons. The Kier molecular flexibility index (Phi) is 32.4. The standard InChI is InChI=1S/C41H74NO8P/c1-6-8-10-12-14-16-18-19-20-21-22-23-24-26-27-29-31-33-40(43)47-37-39(38-49-51(45,46)48-36-35-42(3,4)5)50-41(44)34-32-30-28-25-17-15-13-11-9-7-2/h10,12,16,18,20-21,23-24,39H,6-9,11,13-15,17,19,22,25-38H2,1-5H3/b12-10+,18-16+,21-20+,24-23+/t39-/m0/s1. The van der Waals surface area contributed by atoms with Gasteiger partial charge in [-0.2, -0.15) is 0 Å². The van der Waals surface area contributed by atoms with Crippen LogP contribution in [0.1, 0.15) is 149 Å². The minimum Gasteiger partial charge on any atom is -0.756 e. The van der Waals surface area contributed by atoms with Crippen LogP contribution in [0, 0.1) is 0 Å². The number of unbranched alkanes of at least 4 members (excludes halogenated alkanes) is 13. The first-order valence-corrected chi connectivity index (χ1v) is 21.3. The first-order chi connectivity index (χ1) is 24.5. The highest BCUT2D eigenvalue weighted by Gasteiger charge is 2.21.